The molecule has 2 aromatic rings. The van der Waals surface area contributed by atoms with Crippen molar-refractivity contribution < 1.29 is 4.74 Å². The van der Waals surface area contributed by atoms with Crippen molar-refractivity contribution in [2.45, 2.75) is 19.9 Å². The Morgan fingerprint density at radius 1 is 1.41 bits per heavy atom. The number of aromatic nitrogens is 2. The van der Waals surface area contributed by atoms with Gasteiger partial charge in [0.2, 0.25) is 5.88 Å². The van der Waals surface area contributed by atoms with Gasteiger partial charge < -0.3 is 10.1 Å². The molecule has 2 heterocycles. The van der Waals surface area contributed by atoms with Crippen molar-refractivity contribution >= 4 is 34.4 Å². The molecule has 2 aromatic heterocycles. The topological polar surface area (TPSA) is 59.4 Å². The third-order valence-electron chi connectivity index (χ3n) is 2.99. The Hall–Kier alpha value is -2.14. The lowest BCUT2D eigenvalue weighted by Gasteiger charge is -2.10. The molecule has 0 saturated heterocycles. The van der Waals surface area contributed by atoms with E-state index in [1.54, 1.807) is 32.6 Å². The number of rotatable bonds is 5. The molecule has 22 heavy (non-hydrogen) atoms. The predicted octanol–water partition coefficient (Wildman–Crippen LogP) is 3.33. The van der Waals surface area contributed by atoms with E-state index in [0.717, 1.165) is 16.7 Å². The lowest BCUT2D eigenvalue weighted by atomic mass is 10.1. The van der Waals surface area contributed by atoms with Gasteiger partial charge in [0.15, 0.2) is 0 Å². The standard InChI is InChI=1S/C16H19ClN4O/c1-10(2)19-8-11(7-18-3)12-9-20-13-5-6-14(22-4)21-16(13)15(12)17/h5-10,19H,1-4H3. The van der Waals surface area contributed by atoms with Crippen molar-refractivity contribution in [3.05, 3.63) is 35.1 Å². The third-order valence-corrected chi connectivity index (χ3v) is 3.37. The van der Waals surface area contributed by atoms with Gasteiger partial charge in [0.05, 0.1) is 17.6 Å². The van der Waals surface area contributed by atoms with Gasteiger partial charge in [0.1, 0.15) is 5.52 Å². The summed E-state index contributed by atoms with van der Waals surface area (Å²) in [5, 5.41) is 3.77. The number of methoxy groups -OCH3 is 1. The number of pyridine rings is 2. The van der Waals surface area contributed by atoms with E-state index < -0.39 is 0 Å². The molecule has 0 atom stereocenters. The number of ether oxygens (including phenoxy) is 1. The maximum Gasteiger partial charge on any atom is 0.213 e. The van der Waals surface area contributed by atoms with Gasteiger partial charge in [0.25, 0.3) is 0 Å². The molecule has 6 heteroatoms. The summed E-state index contributed by atoms with van der Waals surface area (Å²) in [6.07, 6.45) is 5.35. The highest BCUT2D eigenvalue weighted by Crippen LogP contribution is 2.29. The number of aliphatic imine (C=N–C) groups is 1. The minimum atomic E-state index is 0.311. The third kappa shape index (κ3) is 3.54. The summed E-state index contributed by atoms with van der Waals surface area (Å²) in [5.41, 5.74) is 2.95. The highest BCUT2D eigenvalue weighted by molar-refractivity contribution is 6.37. The van der Waals surface area contributed by atoms with Crippen LogP contribution in [0.25, 0.3) is 16.6 Å². The van der Waals surface area contributed by atoms with Gasteiger partial charge >= 0.3 is 0 Å². The van der Waals surface area contributed by atoms with Crippen LogP contribution in [0.3, 0.4) is 0 Å². The smallest absolute Gasteiger partial charge is 0.213 e. The summed E-state index contributed by atoms with van der Waals surface area (Å²) in [6.45, 7) is 4.12. The summed E-state index contributed by atoms with van der Waals surface area (Å²) >= 11 is 6.53. The van der Waals surface area contributed by atoms with Crippen LogP contribution < -0.4 is 10.1 Å². The molecule has 0 radical (unpaired) electrons. The quantitative estimate of drug-likeness (QED) is 0.859. The van der Waals surface area contributed by atoms with Crippen LogP contribution >= 0.6 is 11.6 Å². The van der Waals surface area contributed by atoms with Crippen molar-refractivity contribution in [1.82, 2.24) is 15.3 Å². The summed E-state index contributed by atoms with van der Waals surface area (Å²) < 4.78 is 5.15. The molecule has 0 aromatic carbocycles. The fourth-order valence-electron chi connectivity index (χ4n) is 1.91. The Balaban J connectivity index is 2.57. The summed E-state index contributed by atoms with van der Waals surface area (Å²) in [6, 6.07) is 3.90. The molecule has 0 amide bonds. The van der Waals surface area contributed by atoms with Crippen molar-refractivity contribution in [3.8, 4) is 5.88 Å². The van der Waals surface area contributed by atoms with Gasteiger partial charge in [-0.15, -0.1) is 0 Å². The molecule has 0 fully saturated rings. The molecular weight excluding hydrogens is 300 g/mol. The summed E-state index contributed by atoms with van der Waals surface area (Å²) in [5.74, 6) is 0.503. The van der Waals surface area contributed by atoms with Crippen molar-refractivity contribution in [2.75, 3.05) is 14.2 Å². The predicted molar refractivity (Wildman–Crippen MR) is 91.8 cm³/mol. The van der Waals surface area contributed by atoms with Crippen LogP contribution in [0.15, 0.2) is 29.5 Å². The molecule has 0 unspecified atom stereocenters. The van der Waals surface area contributed by atoms with Gasteiger partial charge in [-0.25, -0.2) is 4.98 Å². The number of hydrogen-bond donors (Lipinski definition) is 1. The fraction of sp³-hybridized carbons (Fsp3) is 0.312. The first-order chi connectivity index (χ1) is 10.6. The second-order valence-electron chi connectivity index (χ2n) is 5.02. The molecule has 5 nitrogen and oxygen atoms in total. The number of halogens is 1. The Morgan fingerprint density at radius 2 is 2.18 bits per heavy atom. The van der Waals surface area contributed by atoms with Crippen LogP contribution in [0.4, 0.5) is 0 Å². The van der Waals surface area contributed by atoms with Crippen LogP contribution in [0.1, 0.15) is 19.4 Å². The Morgan fingerprint density at radius 3 is 2.82 bits per heavy atom. The normalized spacial score (nSPS) is 12.4. The molecule has 0 aliphatic carbocycles. The van der Waals surface area contributed by atoms with Crippen molar-refractivity contribution in [2.24, 2.45) is 4.99 Å². The summed E-state index contributed by atoms with van der Waals surface area (Å²) in [4.78, 5) is 12.9. The Bertz CT molecular complexity index is 725. The van der Waals surface area contributed by atoms with E-state index in [-0.39, 0.29) is 0 Å². The van der Waals surface area contributed by atoms with E-state index in [1.165, 1.54) is 0 Å². The maximum atomic E-state index is 6.53. The zero-order valence-electron chi connectivity index (χ0n) is 13.1. The molecule has 1 N–H and O–H groups in total. The zero-order valence-corrected chi connectivity index (χ0v) is 13.8. The fourth-order valence-corrected chi connectivity index (χ4v) is 2.21. The highest BCUT2D eigenvalue weighted by Gasteiger charge is 2.12. The number of nitrogens with one attached hydrogen (secondary N) is 1. The molecule has 0 bridgehead atoms. The first-order valence-corrected chi connectivity index (χ1v) is 7.32. The SMILES string of the molecule is CN=CC(=CNC(C)C)c1cnc2ccc(OC)nc2c1Cl. The van der Waals surface area contributed by atoms with Crippen molar-refractivity contribution in [1.29, 1.82) is 0 Å². The number of hydrogen-bond acceptors (Lipinski definition) is 5. The first-order valence-electron chi connectivity index (χ1n) is 6.94. The van der Waals surface area contributed by atoms with Crippen LogP contribution in [0.2, 0.25) is 5.02 Å². The first kappa shape index (κ1) is 16.2. The molecule has 0 aliphatic heterocycles. The van der Waals surface area contributed by atoms with Crippen molar-refractivity contribution in [3.63, 3.8) is 0 Å². The van der Waals surface area contributed by atoms with E-state index in [0.29, 0.717) is 22.5 Å². The second-order valence-corrected chi connectivity index (χ2v) is 5.39. The molecule has 0 spiro atoms. The minimum absolute atomic E-state index is 0.311. The number of allylic oxidation sites excluding steroid dienone is 1. The van der Waals surface area contributed by atoms with Gasteiger partial charge in [0, 0.05) is 48.9 Å². The molecule has 116 valence electrons. The van der Waals surface area contributed by atoms with Gasteiger partial charge in [-0.2, -0.15) is 0 Å². The van der Waals surface area contributed by atoms with Gasteiger partial charge in [-0.1, -0.05) is 11.6 Å². The largest absolute Gasteiger partial charge is 0.481 e. The van der Waals surface area contributed by atoms with E-state index in [1.807, 2.05) is 12.3 Å². The van der Waals surface area contributed by atoms with E-state index in [4.69, 9.17) is 16.3 Å². The van der Waals surface area contributed by atoms with E-state index >= 15 is 0 Å². The van der Waals surface area contributed by atoms with E-state index in [9.17, 15) is 0 Å². The monoisotopic (exact) mass is 318 g/mol. The second kappa shape index (κ2) is 7.22. The zero-order chi connectivity index (χ0) is 16.1. The molecular formula is C16H19ClN4O. The molecule has 0 aliphatic rings. The summed E-state index contributed by atoms with van der Waals surface area (Å²) in [7, 11) is 3.29. The average molecular weight is 319 g/mol. The van der Waals surface area contributed by atoms with Crippen LogP contribution in [0.5, 0.6) is 5.88 Å². The maximum absolute atomic E-state index is 6.53. The van der Waals surface area contributed by atoms with Crippen LogP contribution in [-0.4, -0.2) is 36.4 Å². The number of fused-ring (bicyclic) bond motifs is 1. The van der Waals surface area contributed by atoms with E-state index in [2.05, 4.69) is 34.1 Å². The van der Waals surface area contributed by atoms with Gasteiger partial charge in [-0.3, -0.25) is 9.98 Å². The molecule has 2 rings (SSSR count). The van der Waals surface area contributed by atoms with Crippen LogP contribution in [-0.2, 0) is 0 Å². The molecule has 0 saturated carbocycles. The minimum Gasteiger partial charge on any atom is -0.481 e. The lowest BCUT2D eigenvalue weighted by Crippen LogP contribution is -2.16. The number of nitrogens with zero attached hydrogens (tertiary/aromatic N) is 3. The lowest BCUT2D eigenvalue weighted by molar-refractivity contribution is 0.399. The van der Waals surface area contributed by atoms with Gasteiger partial charge in [-0.05, 0) is 19.9 Å². The Labute approximate surface area is 135 Å². The van der Waals surface area contributed by atoms with Crippen LogP contribution in [0, 0.1) is 0 Å². The average Bonchev–Trinajstić information content (AvgIpc) is 2.52. The Kier molecular flexibility index (Phi) is 5.33. The highest BCUT2D eigenvalue weighted by atomic mass is 35.5.